The summed E-state index contributed by atoms with van der Waals surface area (Å²) in [5.41, 5.74) is 6.38. The molecule has 0 aliphatic heterocycles. The molecule has 1 aromatic rings. The lowest BCUT2D eigenvalue weighted by molar-refractivity contribution is -0.143. The molecule has 11 heteroatoms. The Hall–Kier alpha value is -2.95. The van der Waals surface area contributed by atoms with Gasteiger partial charge in [-0.3, -0.25) is 14.4 Å². The highest BCUT2D eigenvalue weighted by Gasteiger charge is 2.31. The van der Waals surface area contributed by atoms with E-state index in [1.165, 1.54) is 19.4 Å². The first-order valence-corrected chi connectivity index (χ1v) is 10.3. The molecule has 0 aliphatic carbocycles. The molecule has 174 valence electrons. The van der Waals surface area contributed by atoms with E-state index in [0.717, 1.165) is 0 Å². The molecule has 31 heavy (non-hydrogen) atoms. The lowest BCUT2D eigenvalue weighted by Crippen LogP contribution is -2.58. The van der Waals surface area contributed by atoms with Crippen LogP contribution in [0.2, 0.25) is 0 Å². The van der Waals surface area contributed by atoms with Gasteiger partial charge in [-0.2, -0.15) is 0 Å². The Morgan fingerprint density at radius 1 is 1.06 bits per heavy atom. The van der Waals surface area contributed by atoms with Crippen LogP contribution in [-0.2, 0) is 25.6 Å². The molecule has 0 fully saturated rings. The van der Waals surface area contributed by atoms with E-state index in [2.05, 4.69) is 25.9 Å². The Morgan fingerprint density at radius 2 is 1.71 bits per heavy atom. The van der Waals surface area contributed by atoms with Crippen molar-refractivity contribution in [2.45, 2.75) is 71.6 Å². The topological polar surface area (TPSA) is 179 Å². The molecule has 0 bridgehead atoms. The first-order chi connectivity index (χ1) is 14.5. The summed E-state index contributed by atoms with van der Waals surface area (Å²) in [6.45, 7) is 8.59. The number of carboxylic acid groups (broad SMARTS) is 1. The number of hydrogen-bond acceptors (Lipinski definition) is 6. The maximum Gasteiger partial charge on any atom is 0.326 e. The minimum atomic E-state index is -1.15. The molecular weight excluding hydrogens is 404 g/mol. The Labute approximate surface area is 181 Å². The van der Waals surface area contributed by atoms with Gasteiger partial charge < -0.3 is 31.8 Å². The minimum Gasteiger partial charge on any atom is -0.480 e. The lowest BCUT2D eigenvalue weighted by Gasteiger charge is -2.25. The van der Waals surface area contributed by atoms with Crippen LogP contribution in [0.4, 0.5) is 0 Å². The first kappa shape index (κ1) is 26.1. The maximum atomic E-state index is 12.9. The van der Waals surface area contributed by atoms with Crippen molar-refractivity contribution in [1.82, 2.24) is 25.9 Å². The fraction of sp³-hybridized carbons (Fsp3) is 0.650. The number of hydrogen-bond donors (Lipinski definition) is 6. The number of imidazole rings is 1. The number of carbonyl (C=O) groups excluding carboxylic acids is 3. The molecule has 0 aromatic carbocycles. The molecule has 1 rings (SSSR count). The number of amides is 3. The maximum absolute atomic E-state index is 12.9. The molecule has 0 spiro atoms. The van der Waals surface area contributed by atoms with Crippen LogP contribution >= 0.6 is 0 Å². The van der Waals surface area contributed by atoms with Gasteiger partial charge >= 0.3 is 5.97 Å². The number of nitrogens with one attached hydrogen (secondary N) is 4. The van der Waals surface area contributed by atoms with Gasteiger partial charge in [0.25, 0.3) is 0 Å². The molecule has 1 aromatic heterocycles. The van der Waals surface area contributed by atoms with Crippen molar-refractivity contribution in [1.29, 1.82) is 0 Å². The zero-order valence-electron chi connectivity index (χ0n) is 18.6. The van der Waals surface area contributed by atoms with Crippen LogP contribution in [0.5, 0.6) is 0 Å². The minimum absolute atomic E-state index is 0.0661. The number of nitrogens with two attached hydrogens (primary N) is 1. The quantitative estimate of drug-likeness (QED) is 0.255. The highest BCUT2D eigenvalue weighted by atomic mass is 16.4. The molecule has 0 saturated heterocycles. The highest BCUT2D eigenvalue weighted by molar-refractivity contribution is 5.94. The molecule has 7 N–H and O–H groups in total. The number of H-pyrrole nitrogens is 1. The van der Waals surface area contributed by atoms with Gasteiger partial charge in [-0.05, 0) is 18.8 Å². The van der Waals surface area contributed by atoms with Crippen molar-refractivity contribution >= 4 is 23.7 Å². The van der Waals surface area contributed by atoms with E-state index in [1.807, 2.05) is 6.92 Å². The van der Waals surface area contributed by atoms with Crippen LogP contribution in [0, 0.1) is 11.8 Å². The zero-order chi connectivity index (χ0) is 23.7. The van der Waals surface area contributed by atoms with E-state index >= 15 is 0 Å². The predicted octanol–water partition coefficient (Wildman–Crippen LogP) is -0.459. The molecule has 11 nitrogen and oxygen atoms in total. The van der Waals surface area contributed by atoms with Crippen LogP contribution in [0.15, 0.2) is 12.5 Å². The fourth-order valence-electron chi connectivity index (χ4n) is 2.74. The molecule has 3 amide bonds. The van der Waals surface area contributed by atoms with E-state index in [0.29, 0.717) is 12.1 Å². The van der Waals surface area contributed by atoms with Crippen molar-refractivity contribution in [2.75, 3.05) is 0 Å². The molecule has 5 atom stereocenters. The summed E-state index contributed by atoms with van der Waals surface area (Å²) in [5, 5.41) is 17.1. The Bertz CT molecular complexity index is 751. The van der Waals surface area contributed by atoms with E-state index in [4.69, 9.17) is 5.73 Å². The van der Waals surface area contributed by atoms with Crippen LogP contribution < -0.4 is 21.7 Å². The van der Waals surface area contributed by atoms with Gasteiger partial charge in [-0.15, -0.1) is 0 Å². The van der Waals surface area contributed by atoms with Crippen molar-refractivity contribution in [3.8, 4) is 0 Å². The van der Waals surface area contributed by atoms with E-state index < -0.39 is 47.9 Å². The average Bonchev–Trinajstić information content (AvgIpc) is 3.22. The van der Waals surface area contributed by atoms with Gasteiger partial charge in [-0.1, -0.05) is 34.1 Å². The largest absolute Gasteiger partial charge is 0.480 e. The fourth-order valence-corrected chi connectivity index (χ4v) is 2.74. The van der Waals surface area contributed by atoms with Crippen LogP contribution in [0.1, 0.15) is 46.7 Å². The zero-order valence-corrected chi connectivity index (χ0v) is 18.6. The normalized spacial score (nSPS) is 16.0. The van der Waals surface area contributed by atoms with Crippen LogP contribution in [0.25, 0.3) is 0 Å². The SMILES string of the molecule is CCC(C)C(NC(=O)C(Cc1cnc[nH]1)NC(=O)C(C)NC(=O)C(N)C(C)C)C(=O)O. The van der Waals surface area contributed by atoms with Crippen LogP contribution in [-0.4, -0.2) is 62.9 Å². The van der Waals surface area contributed by atoms with Crippen molar-refractivity contribution in [2.24, 2.45) is 17.6 Å². The first-order valence-electron chi connectivity index (χ1n) is 10.3. The van der Waals surface area contributed by atoms with E-state index in [-0.39, 0.29) is 18.3 Å². The molecular formula is C20H34N6O5. The Morgan fingerprint density at radius 3 is 2.19 bits per heavy atom. The lowest BCUT2D eigenvalue weighted by atomic mass is 9.98. The number of nitrogens with zero attached hydrogens (tertiary/aromatic N) is 1. The number of carboxylic acids is 1. The summed E-state index contributed by atoms with van der Waals surface area (Å²) in [6.07, 6.45) is 3.55. The summed E-state index contributed by atoms with van der Waals surface area (Å²) in [6, 6.07) is -3.89. The second kappa shape index (κ2) is 12.0. The van der Waals surface area contributed by atoms with E-state index in [1.54, 1.807) is 20.8 Å². The van der Waals surface area contributed by atoms with Crippen molar-refractivity contribution in [3.05, 3.63) is 18.2 Å². The average molecular weight is 439 g/mol. The van der Waals surface area contributed by atoms with Gasteiger partial charge in [0, 0.05) is 18.3 Å². The summed E-state index contributed by atoms with van der Waals surface area (Å²) < 4.78 is 0. The summed E-state index contributed by atoms with van der Waals surface area (Å²) >= 11 is 0. The predicted molar refractivity (Wildman–Crippen MR) is 114 cm³/mol. The van der Waals surface area contributed by atoms with Gasteiger partial charge in [-0.25, -0.2) is 9.78 Å². The monoisotopic (exact) mass is 438 g/mol. The molecule has 5 unspecified atom stereocenters. The second-order valence-electron chi connectivity index (χ2n) is 8.05. The molecule has 0 aliphatic rings. The third-order valence-electron chi connectivity index (χ3n) is 5.16. The number of aliphatic carboxylic acids is 1. The highest BCUT2D eigenvalue weighted by Crippen LogP contribution is 2.09. The van der Waals surface area contributed by atoms with Gasteiger partial charge in [0.1, 0.15) is 18.1 Å². The van der Waals surface area contributed by atoms with Gasteiger partial charge in [0.15, 0.2) is 0 Å². The van der Waals surface area contributed by atoms with Crippen LogP contribution in [0.3, 0.4) is 0 Å². The number of aromatic nitrogens is 2. The molecule has 1 heterocycles. The number of aromatic amines is 1. The van der Waals surface area contributed by atoms with Crippen molar-refractivity contribution < 1.29 is 24.3 Å². The standard InChI is InChI=1S/C20H34N6O5/c1-6-11(4)16(20(30)31)26-18(28)14(7-13-8-22-9-23-13)25-17(27)12(5)24-19(29)15(21)10(2)3/h8-12,14-16H,6-7,21H2,1-5H3,(H,22,23)(H,24,29)(H,25,27)(H,26,28)(H,30,31). The second-order valence-corrected chi connectivity index (χ2v) is 8.05. The third kappa shape index (κ3) is 8.00. The van der Waals surface area contributed by atoms with Gasteiger partial charge in [0.05, 0.1) is 12.4 Å². The Balaban J connectivity index is 2.92. The number of rotatable bonds is 12. The summed E-state index contributed by atoms with van der Waals surface area (Å²) in [5.74, 6) is -3.29. The molecule has 0 saturated carbocycles. The number of carbonyl (C=O) groups is 4. The van der Waals surface area contributed by atoms with Gasteiger partial charge in [0.2, 0.25) is 17.7 Å². The third-order valence-corrected chi connectivity index (χ3v) is 5.16. The summed E-state index contributed by atoms with van der Waals surface area (Å²) in [4.78, 5) is 55.9. The Kier molecular flexibility index (Phi) is 10.1. The van der Waals surface area contributed by atoms with E-state index in [9.17, 15) is 24.3 Å². The smallest absolute Gasteiger partial charge is 0.326 e. The summed E-state index contributed by atoms with van der Waals surface area (Å²) in [7, 11) is 0. The van der Waals surface area contributed by atoms with Crippen molar-refractivity contribution in [3.63, 3.8) is 0 Å². The molecule has 0 radical (unpaired) electrons.